The molecule has 306 valence electrons. The first-order valence-corrected chi connectivity index (χ1v) is 22.4. The molecule has 64 heavy (non-hydrogen) atoms. The first kappa shape index (κ1) is 37.8. The SMILES string of the molecule is Cc1ccccc1-c1nc(-c2cccc(-c3cccc4c3c3ccccc3n4C3=CC=C(C4=Cc5c(n(-c6ccccc6)c6ccccc56)CC4)CC3)c2)nc(-c2ccccc2C)n1. The number of para-hydroxylation sites is 3. The molecule has 0 radical (unpaired) electrons. The van der Waals surface area contributed by atoms with Crippen molar-refractivity contribution in [3.05, 3.63) is 216 Å². The maximum Gasteiger partial charge on any atom is 0.164 e. The Morgan fingerprint density at radius 3 is 1.72 bits per heavy atom. The van der Waals surface area contributed by atoms with Crippen LogP contribution in [0.25, 0.3) is 95.5 Å². The van der Waals surface area contributed by atoms with Crippen LogP contribution in [0.15, 0.2) is 193 Å². The number of fused-ring (bicyclic) bond motifs is 6. The predicted octanol–water partition coefficient (Wildman–Crippen LogP) is 14.8. The van der Waals surface area contributed by atoms with Gasteiger partial charge in [0, 0.05) is 55.5 Å². The number of benzene rings is 7. The molecule has 0 unspecified atom stereocenters. The molecule has 0 saturated carbocycles. The molecule has 12 rings (SSSR count). The van der Waals surface area contributed by atoms with Crippen LogP contribution in [0.5, 0.6) is 0 Å². The van der Waals surface area contributed by atoms with Crippen molar-refractivity contribution in [2.45, 2.75) is 39.5 Å². The summed E-state index contributed by atoms with van der Waals surface area (Å²) in [6.07, 6.45) is 11.3. The van der Waals surface area contributed by atoms with E-state index in [1.807, 2.05) is 12.1 Å². The lowest BCUT2D eigenvalue weighted by atomic mass is 9.87. The van der Waals surface area contributed by atoms with E-state index >= 15 is 0 Å². The monoisotopic (exact) mass is 823 g/mol. The third kappa shape index (κ3) is 6.34. The van der Waals surface area contributed by atoms with E-state index in [0.717, 1.165) is 59.1 Å². The molecule has 7 aromatic carbocycles. The molecule has 0 N–H and O–H groups in total. The number of rotatable bonds is 7. The highest BCUT2D eigenvalue weighted by Gasteiger charge is 2.25. The highest BCUT2D eigenvalue weighted by atomic mass is 15.0. The van der Waals surface area contributed by atoms with Crippen LogP contribution in [0.1, 0.15) is 41.6 Å². The van der Waals surface area contributed by atoms with Crippen molar-refractivity contribution in [3.8, 4) is 51.0 Å². The molecule has 0 amide bonds. The van der Waals surface area contributed by atoms with E-state index in [1.165, 1.54) is 72.1 Å². The Morgan fingerprint density at radius 1 is 0.422 bits per heavy atom. The molecular weight excluding hydrogens is 779 g/mol. The molecule has 0 bridgehead atoms. The second kappa shape index (κ2) is 15.5. The molecule has 0 atom stereocenters. The van der Waals surface area contributed by atoms with Crippen LogP contribution in [-0.2, 0) is 6.42 Å². The standard InChI is InChI=1S/C59H45N5/c1-38-16-6-8-22-46(38)58-60-57(61-59(62-58)47-23-9-7-17-39(47)2)43-19-14-18-42(36-43)48-26-15-29-55-56(48)50-25-11-13-28-53(50)64(55)45-33-30-40(31-34-45)41-32-35-54-51(37-41)49-24-10-12-27-52(49)63(54)44-20-4-3-5-21-44/h3-30,33,36-37H,31-32,34-35H2,1-2H3. The van der Waals surface area contributed by atoms with Crippen molar-refractivity contribution < 1.29 is 0 Å². The number of aryl methyl sites for hydroxylation is 2. The van der Waals surface area contributed by atoms with Gasteiger partial charge in [-0.25, -0.2) is 15.0 Å². The van der Waals surface area contributed by atoms with Gasteiger partial charge in [0.15, 0.2) is 17.5 Å². The van der Waals surface area contributed by atoms with Crippen molar-refractivity contribution in [2.24, 2.45) is 0 Å². The molecule has 3 aromatic heterocycles. The highest BCUT2D eigenvalue weighted by Crippen LogP contribution is 2.43. The second-order valence-corrected chi connectivity index (χ2v) is 17.1. The summed E-state index contributed by atoms with van der Waals surface area (Å²) >= 11 is 0. The molecule has 0 fully saturated rings. The predicted molar refractivity (Wildman–Crippen MR) is 265 cm³/mol. The largest absolute Gasteiger partial charge is 0.313 e. The third-order valence-corrected chi connectivity index (χ3v) is 13.3. The van der Waals surface area contributed by atoms with Gasteiger partial charge in [-0.3, -0.25) is 0 Å². The van der Waals surface area contributed by atoms with Gasteiger partial charge in [0.1, 0.15) is 0 Å². The van der Waals surface area contributed by atoms with E-state index in [9.17, 15) is 0 Å². The van der Waals surface area contributed by atoms with Crippen LogP contribution >= 0.6 is 0 Å². The van der Waals surface area contributed by atoms with Gasteiger partial charge in [-0.05, 0) is 121 Å². The van der Waals surface area contributed by atoms with Crippen molar-refractivity contribution >= 4 is 44.5 Å². The minimum Gasteiger partial charge on any atom is -0.313 e. The molecule has 5 heteroatoms. The van der Waals surface area contributed by atoms with Gasteiger partial charge in [-0.1, -0.05) is 140 Å². The lowest BCUT2D eigenvalue weighted by molar-refractivity contribution is 0.836. The van der Waals surface area contributed by atoms with Crippen molar-refractivity contribution in [2.75, 3.05) is 0 Å². The van der Waals surface area contributed by atoms with Crippen LogP contribution < -0.4 is 0 Å². The van der Waals surface area contributed by atoms with Crippen molar-refractivity contribution in [1.82, 2.24) is 24.1 Å². The van der Waals surface area contributed by atoms with Gasteiger partial charge in [-0.2, -0.15) is 0 Å². The zero-order valence-corrected chi connectivity index (χ0v) is 36.0. The second-order valence-electron chi connectivity index (χ2n) is 17.1. The Hall–Kier alpha value is -7.89. The normalized spacial score (nSPS) is 13.8. The van der Waals surface area contributed by atoms with Crippen molar-refractivity contribution in [1.29, 1.82) is 0 Å². The third-order valence-electron chi connectivity index (χ3n) is 13.3. The lowest BCUT2D eigenvalue weighted by Crippen LogP contribution is -2.08. The minimum absolute atomic E-state index is 0.657. The van der Waals surface area contributed by atoms with Gasteiger partial charge < -0.3 is 9.13 Å². The summed E-state index contributed by atoms with van der Waals surface area (Å²) in [5.74, 6) is 2.01. The lowest BCUT2D eigenvalue weighted by Gasteiger charge is -2.22. The maximum absolute atomic E-state index is 5.14. The number of hydrogen-bond acceptors (Lipinski definition) is 3. The topological polar surface area (TPSA) is 48.5 Å². The minimum atomic E-state index is 0.657. The van der Waals surface area contributed by atoms with E-state index in [2.05, 4.69) is 199 Å². The first-order chi connectivity index (χ1) is 31.6. The summed E-state index contributed by atoms with van der Waals surface area (Å²) in [7, 11) is 0. The van der Waals surface area contributed by atoms with Gasteiger partial charge in [-0.15, -0.1) is 0 Å². The molecule has 10 aromatic rings. The molecule has 0 saturated heterocycles. The zero-order valence-electron chi connectivity index (χ0n) is 36.0. The molecular formula is C59H45N5. The zero-order chi connectivity index (χ0) is 42.7. The maximum atomic E-state index is 5.14. The van der Waals surface area contributed by atoms with Gasteiger partial charge in [0.2, 0.25) is 0 Å². The van der Waals surface area contributed by atoms with Crippen LogP contribution in [-0.4, -0.2) is 24.1 Å². The van der Waals surface area contributed by atoms with Gasteiger partial charge >= 0.3 is 0 Å². The molecule has 0 aliphatic heterocycles. The van der Waals surface area contributed by atoms with Crippen LogP contribution in [0.2, 0.25) is 0 Å². The number of hydrogen-bond donors (Lipinski definition) is 0. The average molecular weight is 824 g/mol. The van der Waals surface area contributed by atoms with E-state index in [0.29, 0.717) is 17.5 Å². The van der Waals surface area contributed by atoms with Gasteiger partial charge in [0.05, 0.1) is 16.6 Å². The van der Waals surface area contributed by atoms with Crippen molar-refractivity contribution in [3.63, 3.8) is 0 Å². The van der Waals surface area contributed by atoms with E-state index in [-0.39, 0.29) is 0 Å². The highest BCUT2D eigenvalue weighted by molar-refractivity contribution is 6.16. The summed E-state index contributed by atoms with van der Waals surface area (Å²) < 4.78 is 4.97. The van der Waals surface area contributed by atoms with Crippen LogP contribution in [0.3, 0.4) is 0 Å². The number of allylic oxidation sites excluding steroid dienone is 5. The molecule has 3 heterocycles. The summed E-state index contributed by atoms with van der Waals surface area (Å²) in [6.45, 7) is 4.22. The Kier molecular flexibility index (Phi) is 9.15. The molecule has 2 aliphatic carbocycles. The van der Waals surface area contributed by atoms with Crippen LogP contribution in [0, 0.1) is 13.8 Å². The fourth-order valence-electron chi connectivity index (χ4n) is 10.2. The first-order valence-electron chi connectivity index (χ1n) is 22.4. The van der Waals surface area contributed by atoms with E-state index in [1.54, 1.807) is 0 Å². The van der Waals surface area contributed by atoms with Gasteiger partial charge in [0.25, 0.3) is 0 Å². The molecule has 2 aliphatic rings. The summed E-state index contributed by atoms with van der Waals surface area (Å²) in [4.78, 5) is 15.3. The fourth-order valence-corrected chi connectivity index (χ4v) is 10.2. The molecule has 5 nitrogen and oxygen atoms in total. The van der Waals surface area contributed by atoms with E-state index in [4.69, 9.17) is 15.0 Å². The van der Waals surface area contributed by atoms with Crippen LogP contribution in [0.4, 0.5) is 0 Å². The Balaban J connectivity index is 0.940. The summed E-state index contributed by atoms with van der Waals surface area (Å²) in [5, 5.41) is 3.82. The number of nitrogens with zero attached hydrogens (tertiary/aromatic N) is 5. The smallest absolute Gasteiger partial charge is 0.164 e. The Morgan fingerprint density at radius 2 is 1.00 bits per heavy atom. The Labute approximate surface area is 373 Å². The molecule has 0 spiro atoms. The number of aromatic nitrogens is 5. The summed E-state index contributed by atoms with van der Waals surface area (Å²) in [6, 6.07) is 60.6. The average Bonchev–Trinajstić information content (AvgIpc) is 3.87. The quantitative estimate of drug-likeness (QED) is 0.161. The van der Waals surface area contributed by atoms with E-state index < -0.39 is 0 Å². The fraction of sp³-hybridized carbons (Fsp3) is 0.102. The summed E-state index contributed by atoms with van der Waals surface area (Å²) in [5.41, 5.74) is 19.5. The Bertz CT molecular complexity index is 3510.